The Hall–Kier alpha value is -3.01. The average molecular weight is 293 g/mol. The summed E-state index contributed by atoms with van der Waals surface area (Å²) >= 11 is 0. The van der Waals surface area contributed by atoms with Gasteiger partial charge in [-0.1, -0.05) is 18.2 Å². The number of carbonyl (C=O) groups is 1. The van der Waals surface area contributed by atoms with E-state index in [0.29, 0.717) is 11.4 Å². The molecule has 0 saturated heterocycles. The molecule has 0 saturated carbocycles. The molecule has 1 aromatic heterocycles. The minimum absolute atomic E-state index is 0.278. The van der Waals surface area contributed by atoms with Crippen molar-refractivity contribution in [3.63, 3.8) is 0 Å². The molecule has 0 spiro atoms. The molecule has 0 aliphatic rings. The maximum atomic E-state index is 11.9. The SMILES string of the molecule is Cc1ccccc1Oc1ccc(NC(=O)c2ccco2)cc1. The van der Waals surface area contributed by atoms with E-state index in [2.05, 4.69) is 5.32 Å². The van der Waals surface area contributed by atoms with Crippen molar-refractivity contribution >= 4 is 11.6 Å². The summed E-state index contributed by atoms with van der Waals surface area (Å²) in [6, 6.07) is 18.3. The van der Waals surface area contributed by atoms with E-state index in [9.17, 15) is 4.79 Å². The number of nitrogens with one attached hydrogen (secondary N) is 1. The Morgan fingerprint density at radius 1 is 1.00 bits per heavy atom. The topological polar surface area (TPSA) is 51.5 Å². The van der Waals surface area contributed by atoms with Crippen LogP contribution >= 0.6 is 0 Å². The minimum Gasteiger partial charge on any atom is -0.459 e. The highest BCUT2D eigenvalue weighted by molar-refractivity contribution is 6.02. The van der Waals surface area contributed by atoms with Crippen LogP contribution in [0.15, 0.2) is 71.3 Å². The van der Waals surface area contributed by atoms with Gasteiger partial charge in [0, 0.05) is 5.69 Å². The van der Waals surface area contributed by atoms with Gasteiger partial charge in [-0.05, 0) is 55.0 Å². The molecule has 0 atom stereocenters. The highest BCUT2D eigenvalue weighted by Crippen LogP contribution is 2.25. The van der Waals surface area contributed by atoms with Gasteiger partial charge in [-0.3, -0.25) is 4.79 Å². The number of furan rings is 1. The lowest BCUT2D eigenvalue weighted by Crippen LogP contribution is -2.10. The van der Waals surface area contributed by atoms with Gasteiger partial charge < -0.3 is 14.5 Å². The van der Waals surface area contributed by atoms with Crippen LogP contribution < -0.4 is 10.1 Å². The third-order valence-corrected chi connectivity index (χ3v) is 3.18. The number of anilines is 1. The van der Waals surface area contributed by atoms with Gasteiger partial charge in [-0.2, -0.15) is 0 Å². The molecule has 4 nitrogen and oxygen atoms in total. The van der Waals surface area contributed by atoms with E-state index < -0.39 is 0 Å². The first-order valence-corrected chi connectivity index (χ1v) is 6.91. The molecule has 1 amide bonds. The van der Waals surface area contributed by atoms with Crippen LogP contribution in [-0.4, -0.2) is 5.91 Å². The van der Waals surface area contributed by atoms with Gasteiger partial charge in [0.2, 0.25) is 0 Å². The van der Waals surface area contributed by atoms with Gasteiger partial charge in [0.1, 0.15) is 11.5 Å². The number of aryl methyl sites for hydroxylation is 1. The Morgan fingerprint density at radius 2 is 1.77 bits per heavy atom. The van der Waals surface area contributed by atoms with Crippen LogP contribution in [0.1, 0.15) is 16.1 Å². The van der Waals surface area contributed by atoms with Crippen LogP contribution in [0.2, 0.25) is 0 Å². The lowest BCUT2D eigenvalue weighted by molar-refractivity contribution is 0.0996. The number of carbonyl (C=O) groups excluding carboxylic acids is 1. The van der Waals surface area contributed by atoms with Crippen LogP contribution in [0.25, 0.3) is 0 Å². The van der Waals surface area contributed by atoms with Crippen LogP contribution in [-0.2, 0) is 0 Å². The molecular weight excluding hydrogens is 278 g/mol. The Bertz CT molecular complexity index is 761. The maximum absolute atomic E-state index is 11.9. The summed E-state index contributed by atoms with van der Waals surface area (Å²) < 4.78 is 10.9. The van der Waals surface area contributed by atoms with Gasteiger partial charge >= 0.3 is 0 Å². The first kappa shape index (κ1) is 13.9. The lowest BCUT2D eigenvalue weighted by atomic mass is 10.2. The highest BCUT2D eigenvalue weighted by atomic mass is 16.5. The fourth-order valence-electron chi connectivity index (χ4n) is 2.00. The Kier molecular flexibility index (Phi) is 3.92. The molecule has 4 heteroatoms. The monoisotopic (exact) mass is 293 g/mol. The van der Waals surface area contributed by atoms with E-state index in [4.69, 9.17) is 9.15 Å². The van der Waals surface area contributed by atoms with Crippen molar-refractivity contribution in [1.82, 2.24) is 0 Å². The largest absolute Gasteiger partial charge is 0.459 e. The van der Waals surface area contributed by atoms with Gasteiger partial charge in [0.05, 0.1) is 6.26 Å². The van der Waals surface area contributed by atoms with Gasteiger partial charge in [-0.25, -0.2) is 0 Å². The van der Waals surface area contributed by atoms with Crippen LogP contribution in [0, 0.1) is 6.92 Å². The third kappa shape index (κ3) is 3.17. The molecule has 1 heterocycles. The second kappa shape index (κ2) is 6.18. The lowest BCUT2D eigenvalue weighted by Gasteiger charge is -2.09. The first-order valence-electron chi connectivity index (χ1n) is 6.91. The molecule has 3 aromatic rings. The molecule has 0 fully saturated rings. The normalized spacial score (nSPS) is 10.2. The van der Waals surface area contributed by atoms with Crippen molar-refractivity contribution in [3.05, 3.63) is 78.3 Å². The average Bonchev–Trinajstić information content (AvgIpc) is 3.06. The van der Waals surface area contributed by atoms with Crippen molar-refractivity contribution in [2.24, 2.45) is 0 Å². The zero-order chi connectivity index (χ0) is 15.4. The fourth-order valence-corrected chi connectivity index (χ4v) is 2.00. The number of hydrogen-bond acceptors (Lipinski definition) is 3. The Labute approximate surface area is 128 Å². The summed E-state index contributed by atoms with van der Waals surface area (Å²) in [6.07, 6.45) is 1.47. The van der Waals surface area contributed by atoms with E-state index in [1.54, 1.807) is 24.3 Å². The molecule has 2 aromatic carbocycles. The van der Waals surface area contributed by atoms with Gasteiger partial charge in [0.25, 0.3) is 5.91 Å². The summed E-state index contributed by atoms with van der Waals surface area (Å²) in [6.45, 7) is 1.99. The van der Waals surface area contributed by atoms with Crippen molar-refractivity contribution in [2.75, 3.05) is 5.32 Å². The zero-order valence-electron chi connectivity index (χ0n) is 12.1. The molecular formula is C18H15NO3. The van der Waals surface area contributed by atoms with E-state index in [1.807, 2.05) is 43.3 Å². The Morgan fingerprint density at radius 3 is 2.45 bits per heavy atom. The molecule has 3 rings (SSSR count). The summed E-state index contributed by atoms with van der Waals surface area (Å²) in [5, 5.41) is 2.76. The van der Waals surface area contributed by atoms with Gasteiger partial charge in [-0.15, -0.1) is 0 Å². The van der Waals surface area contributed by atoms with E-state index in [0.717, 1.165) is 11.3 Å². The number of amides is 1. The fraction of sp³-hybridized carbons (Fsp3) is 0.0556. The predicted molar refractivity (Wildman–Crippen MR) is 84.4 cm³/mol. The van der Waals surface area contributed by atoms with Crippen molar-refractivity contribution in [1.29, 1.82) is 0 Å². The zero-order valence-corrected chi connectivity index (χ0v) is 12.1. The summed E-state index contributed by atoms with van der Waals surface area (Å²) in [5.74, 6) is 1.53. The first-order chi connectivity index (χ1) is 10.7. The van der Waals surface area contributed by atoms with Crippen molar-refractivity contribution in [2.45, 2.75) is 6.92 Å². The third-order valence-electron chi connectivity index (χ3n) is 3.18. The molecule has 0 aliphatic carbocycles. The number of para-hydroxylation sites is 1. The quantitative estimate of drug-likeness (QED) is 0.762. The number of ether oxygens (including phenoxy) is 1. The van der Waals surface area contributed by atoms with E-state index >= 15 is 0 Å². The molecule has 0 unspecified atom stereocenters. The molecule has 0 bridgehead atoms. The second-order valence-electron chi connectivity index (χ2n) is 4.82. The maximum Gasteiger partial charge on any atom is 0.291 e. The predicted octanol–water partition coefficient (Wildman–Crippen LogP) is 4.63. The van der Waals surface area contributed by atoms with Crippen LogP contribution in [0.3, 0.4) is 0 Å². The van der Waals surface area contributed by atoms with Gasteiger partial charge in [0.15, 0.2) is 5.76 Å². The summed E-state index contributed by atoms with van der Waals surface area (Å²) in [4.78, 5) is 11.9. The molecule has 110 valence electrons. The highest BCUT2D eigenvalue weighted by Gasteiger charge is 2.08. The number of hydrogen-bond donors (Lipinski definition) is 1. The smallest absolute Gasteiger partial charge is 0.291 e. The molecule has 22 heavy (non-hydrogen) atoms. The standard InChI is InChI=1S/C18H15NO3/c1-13-5-2-3-6-16(13)22-15-10-8-14(9-11-15)19-18(20)17-7-4-12-21-17/h2-12H,1H3,(H,19,20). The Balaban J connectivity index is 1.68. The summed E-state index contributed by atoms with van der Waals surface area (Å²) in [7, 11) is 0. The van der Waals surface area contributed by atoms with E-state index in [-0.39, 0.29) is 11.7 Å². The van der Waals surface area contributed by atoms with Crippen molar-refractivity contribution in [3.8, 4) is 11.5 Å². The van der Waals surface area contributed by atoms with Crippen molar-refractivity contribution < 1.29 is 13.9 Å². The van der Waals surface area contributed by atoms with E-state index in [1.165, 1.54) is 6.26 Å². The van der Waals surface area contributed by atoms with Crippen LogP contribution in [0.5, 0.6) is 11.5 Å². The minimum atomic E-state index is -0.280. The molecule has 0 radical (unpaired) electrons. The second-order valence-corrected chi connectivity index (χ2v) is 4.82. The molecule has 1 N–H and O–H groups in total. The number of benzene rings is 2. The summed E-state index contributed by atoms with van der Waals surface area (Å²) in [5.41, 5.74) is 1.75. The number of rotatable bonds is 4. The molecule has 0 aliphatic heterocycles. The van der Waals surface area contributed by atoms with Crippen LogP contribution in [0.4, 0.5) is 5.69 Å².